The first-order valence-corrected chi connectivity index (χ1v) is 8.02. The van der Waals surface area contributed by atoms with Gasteiger partial charge in [0.25, 0.3) is 10.2 Å². The Bertz CT molecular complexity index is 751. The largest absolute Gasteiger partial charge is 0.361 e. The van der Waals surface area contributed by atoms with Gasteiger partial charge < -0.3 is 4.98 Å². The Hall–Kier alpha value is -1.44. The molecule has 0 unspecified atom stereocenters. The summed E-state index contributed by atoms with van der Waals surface area (Å²) in [5.74, 6) is -0.312. The third-order valence-electron chi connectivity index (χ3n) is 3.55. The van der Waals surface area contributed by atoms with Crippen LogP contribution in [0.4, 0.5) is 4.39 Å². The van der Waals surface area contributed by atoms with Gasteiger partial charge in [0.05, 0.1) is 0 Å². The van der Waals surface area contributed by atoms with E-state index in [1.165, 1.54) is 26.2 Å². The van der Waals surface area contributed by atoms with Crippen LogP contribution in [0.5, 0.6) is 0 Å². The second-order valence-corrected chi connectivity index (χ2v) is 7.85. The third-order valence-corrected chi connectivity index (χ3v) is 5.02. The van der Waals surface area contributed by atoms with Crippen LogP contribution in [0.15, 0.2) is 24.4 Å². The number of nitrogens with one attached hydrogen (secondary N) is 2. The summed E-state index contributed by atoms with van der Waals surface area (Å²) in [5.41, 5.74) is 1.23. The van der Waals surface area contributed by atoms with Crippen molar-refractivity contribution in [2.24, 2.45) is 0 Å². The van der Waals surface area contributed by atoms with Crippen molar-refractivity contribution < 1.29 is 12.8 Å². The summed E-state index contributed by atoms with van der Waals surface area (Å²) in [7, 11) is -0.548. The van der Waals surface area contributed by atoms with Crippen LogP contribution in [0.3, 0.4) is 0 Å². The first kappa shape index (κ1) is 15.9. The molecule has 0 bridgehead atoms. The van der Waals surface area contributed by atoms with Gasteiger partial charge >= 0.3 is 0 Å². The van der Waals surface area contributed by atoms with Crippen molar-refractivity contribution in [3.63, 3.8) is 0 Å². The maximum atomic E-state index is 13.4. The molecule has 0 saturated carbocycles. The Morgan fingerprint density at radius 3 is 2.62 bits per heavy atom. The highest BCUT2D eigenvalue weighted by Gasteiger charge is 2.27. The molecule has 2 N–H and O–H groups in total. The van der Waals surface area contributed by atoms with E-state index in [1.54, 1.807) is 12.3 Å². The molecule has 0 aliphatic rings. The second kappa shape index (κ2) is 5.40. The van der Waals surface area contributed by atoms with Crippen molar-refractivity contribution in [1.29, 1.82) is 0 Å². The summed E-state index contributed by atoms with van der Waals surface area (Å²) in [6.45, 7) is 4.05. The van der Waals surface area contributed by atoms with Crippen molar-refractivity contribution in [2.45, 2.75) is 19.3 Å². The van der Waals surface area contributed by atoms with E-state index in [0.29, 0.717) is 0 Å². The van der Waals surface area contributed by atoms with Gasteiger partial charge in [-0.25, -0.2) is 9.11 Å². The zero-order valence-corrected chi connectivity index (χ0v) is 13.4. The Labute approximate surface area is 124 Å². The molecule has 0 aliphatic carbocycles. The molecule has 0 radical (unpaired) electrons. The fourth-order valence-corrected chi connectivity index (χ4v) is 2.95. The van der Waals surface area contributed by atoms with E-state index in [-0.39, 0.29) is 12.4 Å². The van der Waals surface area contributed by atoms with Crippen LogP contribution in [0, 0.1) is 5.82 Å². The molecule has 0 spiro atoms. The van der Waals surface area contributed by atoms with Crippen molar-refractivity contribution in [1.82, 2.24) is 14.0 Å². The summed E-state index contributed by atoms with van der Waals surface area (Å²) in [4.78, 5) is 3.09. The molecule has 0 saturated heterocycles. The average Bonchev–Trinajstić information content (AvgIpc) is 2.80. The highest BCUT2D eigenvalue weighted by molar-refractivity contribution is 7.87. The van der Waals surface area contributed by atoms with Crippen molar-refractivity contribution in [3.8, 4) is 0 Å². The molecule has 2 aromatic rings. The van der Waals surface area contributed by atoms with E-state index in [1.807, 2.05) is 13.8 Å². The van der Waals surface area contributed by atoms with E-state index in [0.717, 1.165) is 20.8 Å². The minimum atomic E-state index is -3.48. The minimum absolute atomic E-state index is 0.219. The highest BCUT2D eigenvalue weighted by atomic mass is 32.2. The number of hydrogen-bond donors (Lipinski definition) is 2. The Morgan fingerprint density at radius 2 is 2.00 bits per heavy atom. The number of benzene rings is 1. The van der Waals surface area contributed by atoms with Crippen LogP contribution >= 0.6 is 0 Å². The molecule has 0 atom stereocenters. The quantitative estimate of drug-likeness (QED) is 0.886. The van der Waals surface area contributed by atoms with Crippen LogP contribution in [0.25, 0.3) is 10.9 Å². The molecule has 21 heavy (non-hydrogen) atoms. The second-order valence-electron chi connectivity index (χ2n) is 5.88. The molecule has 1 heterocycles. The van der Waals surface area contributed by atoms with E-state index in [9.17, 15) is 12.8 Å². The zero-order valence-electron chi connectivity index (χ0n) is 12.6. The summed E-state index contributed by atoms with van der Waals surface area (Å²) >= 11 is 0. The van der Waals surface area contributed by atoms with E-state index in [4.69, 9.17) is 0 Å². The molecule has 2 rings (SSSR count). The fourth-order valence-electron chi connectivity index (χ4n) is 2.15. The summed E-state index contributed by atoms with van der Waals surface area (Å²) in [6, 6.07) is 4.53. The van der Waals surface area contributed by atoms with Gasteiger partial charge in [-0.1, -0.05) is 13.8 Å². The van der Waals surface area contributed by atoms with Gasteiger partial charge in [0.1, 0.15) is 5.82 Å². The van der Waals surface area contributed by atoms with Crippen LogP contribution in [-0.4, -0.2) is 38.3 Å². The van der Waals surface area contributed by atoms with E-state index < -0.39 is 15.6 Å². The maximum absolute atomic E-state index is 13.4. The summed E-state index contributed by atoms with van der Waals surface area (Å²) in [6.07, 6.45) is 1.80. The number of rotatable bonds is 5. The van der Waals surface area contributed by atoms with Gasteiger partial charge in [-0.05, 0) is 23.8 Å². The number of nitrogens with zero attached hydrogens (tertiary/aromatic N) is 1. The minimum Gasteiger partial charge on any atom is -0.361 e. The molecule has 116 valence electrons. The molecule has 5 nitrogen and oxygen atoms in total. The number of aromatic nitrogens is 1. The summed E-state index contributed by atoms with van der Waals surface area (Å²) in [5, 5.41) is 0.768. The topological polar surface area (TPSA) is 65.2 Å². The van der Waals surface area contributed by atoms with Gasteiger partial charge in [-0.2, -0.15) is 12.7 Å². The number of H-pyrrole nitrogens is 1. The van der Waals surface area contributed by atoms with Crippen LogP contribution < -0.4 is 4.72 Å². The van der Waals surface area contributed by atoms with Crippen molar-refractivity contribution in [3.05, 3.63) is 35.8 Å². The normalized spacial score (nSPS) is 13.2. The Balaban J connectivity index is 2.32. The first-order chi connectivity index (χ1) is 9.63. The Kier molecular flexibility index (Phi) is 4.10. The van der Waals surface area contributed by atoms with Crippen molar-refractivity contribution >= 4 is 21.1 Å². The van der Waals surface area contributed by atoms with Crippen LogP contribution in [-0.2, 0) is 15.6 Å². The number of fused-ring (bicyclic) bond motifs is 1. The average molecular weight is 313 g/mol. The molecule has 1 aromatic heterocycles. The Morgan fingerprint density at radius 1 is 1.33 bits per heavy atom. The maximum Gasteiger partial charge on any atom is 0.278 e. The van der Waals surface area contributed by atoms with Crippen LogP contribution in [0.2, 0.25) is 0 Å². The monoisotopic (exact) mass is 313 g/mol. The lowest BCUT2D eigenvalue weighted by atomic mass is 9.85. The lowest BCUT2D eigenvalue weighted by molar-refractivity contribution is 0.471. The molecule has 7 heteroatoms. The van der Waals surface area contributed by atoms with E-state index in [2.05, 4.69) is 9.71 Å². The number of halogens is 1. The van der Waals surface area contributed by atoms with Gasteiger partial charge in [-0.15, -0.1) is 0 Å². The number of aromatic amines is 1. The first-order valence-electron chi connectivity index (χ1n) is 6.58. The lowest BCUT2D eigenvalue weighted by Gasteiger charge is -2.25. The summed E-state index contributed by atoms with van der Waals surface area (Å²) < 4.78 is 40.7. The molecule has 0 fully saturated rings. The van der Waals surface area contributed by atoms with Crippen molar-refractivity contribution in [2.75, 3.05) is 20.6 Å². The molecular formula is C14H20FN3O2S. The SMILES string of the molecule is CN(C)S(=O)(=O)NCC(C)(C)c1c[nH]c2ccc(F)cc12. The molecule has 0 amide bonds. The molecule has 1 aromatic carbocycles. The van der Waals surface area contributed by atoms with Crippen LogP contribution in [0.1, 0.15) is 19.4 Å². The van der Waals surface area contributed by atoms with Gasteiger partial charge in [-0.3, -0.25) is 0 Å². The number of hydrogen-bond acceptors (Lipinski definition) is 2. The fraction of sp³-hybridized carbons (Fsp3) is 0.429. The molecular weight excluding hydrogens is 293 g/mol. The smallest absolute Gasteiger partial charge is 0.278 e. The van der Waals surface area contributed by atoms with Gasteiger partial charge in [0.15, 0.2) is 0 Å². The van der Waals surface area contributed by atoms with Gasteiger partial charge in [0, 0.05) is 43.2 Å². The zero-order chi connectivity index (χ0) is 15.8. The van der Waals surface area contributed by atoms with Gasteiger partial charge in [0.2, 0.25) is 0 Å². The third kappa shape index (κ3) is 3.25. The predicted molar refractivity (Wildman–Crippen MR) is 81.9 cm³/mol. The molecule has 0 aliphatic heterocycles. The predicted octanol–water partition coefficient (Wildman–Crippen LogP) is 1.98. The van der Waals surface area contributed by atoms with E-state index >= 15 is 0 Å². The highest BCUT2D eigenvalue weighted by Crippen LogP contribution is 2.30. The standard InChI is InChI=1S/C14H20FN3O2S/c1-14(2,9-17-21(19,20)18(3)4)12-8-16-13-6-5-10(15)7-11(12)13/h5-8,16-17H,9H2,1-4H3. The lowest BCUT2D eigenvalue weighted by Crippen LogP contribution is -2.42.